The number of carbonyl (C=O) groups is 1. The number of pyridine rings is 1. The molecule has 1 aromatic rings. The van der Waals surface area contributed by atoms with Gasteiger partial charge in [0, 0.05) is 30.9 Å². The van der Waals surface area contributed by atoms with E-state index in [4.69, 9.17) is 10.9 Å². The lowest BCUT2D eigenvalue weighted by atomic mass is 9.96. The monoisotopic (exact) mass is 262 g/mol. The van der Waals surface area contributed by atoms with Gasteiger partial charge < -0.3 is 15.8 Å². The number of rotatable bonds is 2. The molecule has 1 atom stereocenters. The van der Waals surface area contributed by atoms with E-state index in [9.17, 15) is 4.79 Å². The van der Waals surface area contributed by atoms with Crippen LogP contribution in [-0.4, -0.2) is 39.9 Å². The fraction of sp³-hybridized carbons (Fsp3) is 0.462. The third-order valence-electron chi connectivity index (χ3n) is 3.40. The first-order chi connectivity index (χ1) is 9.11. The molecule has 0 aromatic carbocycles. The summed E-state index contributed by atoms with van der Waals surface area (Å²) in [4.78, 5) is 18.2. The normalized spacial score (nSPS) is 20.4. The van der Waals surface area contributed by atoms with Gasteiger partial charge >= 0.3 is 0 Å². The van der Waals surface area contributed by atoms with Crippen LogP contribution in [0.25, 0.3) is 0 Å². The summed E-state index contributed by atoms with van der Waals surface area (Å²) in [7, 11) is 0. The van der Waals surface area contributed by atoms with E-state index in [-0.39, 0.29) is 17.7 Å². The Balaban J connectivity index is 2.09. The molecule has 6 nitrogen and oxygen atoms in total. The van der Waals surface area contributed by atoms with Crippen molar-refractivity contribution in [3.63, 3.8) is 0 Å². The molecule has 1 unspecified atom stereocenters. The van der Waals surface area contributed by atoms with Crippen LogP contribution in [-0.2, 0) is 0 Å². The molecule has 3 N–H and O–H groups in total. The number of nitrogens with two attached hydrogens (primary N) is 1. The van der Waals surface area contributed by atoms with E-state index in [0.29, 0.717) is 18.7 Å². The maximum atomic E-state index is 12.3. The summed E-state index contributed by atoms with van der Waals surface area (Å²) in [5.41, 5.74) is 7.07. The van der Waals surface area contributed by atoms with Gasteiger partial charge in [-0.1, -0.05) is 5.16 Å². The Labute approximate surface area is 111 Å². The van der Waals surface area contributed by atoms with Crippen LogP contribution in [0.4, 0.5) is 0 Å². The molecule has 1 amide bonds. The molecular weight excluding hydrogens is 244 g/mol. The fourth-order valence-corrected chi connectivity index (χ4v) is 2.26. The van der Waals surface area contributed by atoms with Crippen LogP contribution in [0.15, 0.2) is 23.5 Å². The molecule has 1 aromatic heterocycles. The van der Waals surface area contributed by atoms with Crippen LogP contribution in [0.1, 0.15) is 28.9 Å². The van der Waals surface area contributed by atoms with Crippen LogP contribution >= 0.6 is 0 Å². The van der Waals surface area contributed by atoms with Crippen LogP contribution in [0, 0.1) is 12.8 Å². The maximum absolute atomic E-state index is 12.3. The standard InChI is InChI=1S/C13H18N4O2/c1-9-4-5-10(7-15-9)13(18)17-6-2-3-11(8-17)12(14)16-19/h4-5,7,11,19H,2-3,6,8H2,1H3,(H2,14,16). The topological polar surface area (TPSA) is 91.8 Å². The van der Waals surface area contributed by atoms with E-state index >= 15 is 0 Å². The highest BCUT2D eigenvalue weighted by Crippen LogP contribution is 2.18. The number of aromatic nitrogens is 1. The fourth-order valence-electron chi connectivity index (χ4n) is 2.26. The highest BCUT2D eigenvalue weighted by atomic mass is 16.4. The highest BCUT2D eigenvalue weighted by molar-refractivity contribution is 5.94. The number of aryl methyl sites for hydroxylation is 1. The molecule has 2 heterocycles. The number of amides is 1. The van der Waals surface area contributed by atoms with Crippen molar-refractivity contribution >= 4 is 11.7 Å². The Morgan fingerprint density at radius 3 is 3.00 bits per heavy atom. The van der Waals surface area contributed by atoms with Gasteiger partial charge in [0.2, 0.25) is 0 Å². The first-order valence-corrected chi connectivity index (χ1v) is 6.31. The van der Waals surface area contributed by atoms with E-state index in [1.807, 2.05) is 13.0 Å². The van der Waals surface area contributed by atoms with Crippen molar-refractivity contribution < 1.29 is 10.0 Å². The van der Waals surface area contributed by atoms with Crippen LogP contribution in [0.2, 0.25) is 0 Å². The molecule has 1 fully saturated rings. The van der Waals surface area contributed by atoms with Gasteiger partial charge in [-0.2, -0.15) is 0 Å². The second-order valence-electron chi connectivity index (χ2n) is 4.80. The van der Waals surface area contributed by atoms with Gasteiger partial charge in [-0.25, -0.2) is 0 Å². The van der Waals surface area contributed by atoms with Crippen molar-refractivity contribution in [3.8, 4) is 0 Å². The van der Waals surface area contributed by atoms with Crippen molar-refractivity contribution in [3.05, 3.63) is 29.6 Å². The average Bonchev–Trinajstić information content (AvgIpc) is 2.46. The maximum Gasteiger partial charge on any atom is 0.255 e. The Morgan fingerprint density at radius 1 is 1.58 bits per heavy atom. The minimum Gasteiger partial charge on any atom is -0.409 e. The number of likely N-dealkylation sites (tertiary alicyclic amines) is 1. The molecule has 6 heteroatoms. The van der Waals surface area contributed by atoms with Crippen molar-refractivity contribution in [2.24, 2.45) is 16.8 Å². The summed E-state index contributed by atoms with van der Waals surface area (Å²) in [5.74, 6) is 0.0728. The third-order valence-corrected chi connectivity index (χ3v) is 3.40. The van der Waals surface area contributed by atoms with E-state index in [0.717, 1.165) is 18.5 Å². The minimum atomic E-state index is -0.0684. The zero-order chi connectivity index (χ0) is 13.8. The molecule has 0 spiro atoms. The van der Waals surface area contributed by atoms with Gasteiger partial charge in [0.15, 0.2) is 0 Å². The highest BCUT2D eigenvalue weighted by Gasteiger charge is 2.26. The molecular formula is C13H18N4O2. The molecule has 1 aliphatic heterocycles. The molecule has 102 valence electrons. The molecule has 1 aliphatic rings. The number of piperidine rings is 1. The summed E-state index contributed by atoms with van der Waals surface area (Å²) in [6, 6.07) is 3.59. The van der Waals surface area contributed by atoms with Crippen molar-refractivity contribution in [1.82, 2.24) is 9.88 Å². The Kier molecular flexibility index (Phi) is 3.99. The number of carbonyl (C=O) groups excluding carboxylic acids is 1. The second-order valence-corrected chi connectivity index (χ2v) is 4.80. The van der Waals surface area contributed by atoms with Crippen molar-refractivity contribution in [1.29, 1.82) is 0 Å². The van der Waals surface area contributed by atoms with Gasteiger partial charge in [0.25, 0.3) is 5.91 Å². The van der Waals surface area contributed by atoms with E-state index in [1.54, 1.807) is 17.2 Å². The van der Waals surface area contributed by atoms with Crippen molar-refractivity contribution in [2.45, 2.75) is 19.8 Å². The Hall–Kier alpha value is -2.11. The lowest BCUT2D eigenvalue weighted by Gasteiger charge is -2.32. The number of oxime groups is 1. The zero-order valence-electron chi connectivity index (χ0n) is 10.9. The summed E-state index contributed by atoms with van der Waals surface area (Å²) in [6.45, 7) is 3.06. The summed E-state index contributed by atoms with van der Waals surface area (Å²) in [6.07, 6.45) is 3.28. The largest absolute Gasteiger partial charge is 0.409 e. The summed E-state index contributed by atoms with van der Waals surface area (Å²) in [5, 5.41) is 11.7. The molecule has 0 radical (unpaired) electrons. The van der Waals surface area contributed by atoms with Gasteiger partial charge in [0.05, 0.1) is 5.56 Å². The van der Waals surface area contributed by atoms with Crippen LogP contribution in [0.5, 0.6) is 0 Å². The smallest absolute Gasteiger partial charge is 0.255 e. The first kappa shape index (κ1) is 13.3. The molecule has 0 aliphatic carbocycles. The van der Waals surface area contributed by atoms with E-state index in [2.05, 4.69) is 10.1 Å². The number of hydrogen-bond acceptors (Lipinski definition) is 4. The van der Waals surface area contributed by atoms with Crippen LogP contribution in [0.3, 0.4) is 0 Å². The Morgan fingerprint density at radius 2 is 2.37 bits per heavy atom. The second kappa shape index (κ2) is 5.69. The van der Waals surface area contributed by atoms with Gasteiger partial charge in [-0.15, -0.1) is 0 Å². The predicted molar refractivity (Wildman–Crippen MR) is 71.0 cm³/mol. The first-order valence-electron chi connectivity index (χ1n) is 6.31. The van der Waals surface area contributed by atoms with E-state index in [1.165, 1.54) is 0 Å². The van der Waals surface area contributed by atoms with Gasteiger partial charge in [-0.3, -0.25) is 9.78 Å². The van der Waals surface area contributed by atoms with Gasteiger partial charge in [-0.05, 0) is 31.9 Å². The van der Waals surface area contributed by atoms with E-state index < -0.39 is 0 Å². The number of amidine groups is 1. The average molecular weight is 262 g/mol. The number of hydrogen-bond donors (Lipinski definition) is 2. The minimum absolute atomic E-state index is 0.0528. The molecule has 0 saturated carbocycles. The lowest BCUT2D eigenvalue weighted by molar-refractivity contribution is 0.0701. The van der Waals surface area contributed by atoms with Crippen molar-refractivity contribution in [2.75, 3.05) is 13.1 Å². The molecule has 19 heavy (non-hydrogen) atoms. The SMILES string of the molecule is Cc1ccc(C(=O)N2CCCC(C(N)=NO)C2)cn1. The molecule has 2 rings (SSSR count). The number of nitrogens with zero attached hydrogens (tertiary/aromatic N) is 3. The summed E-state index contributed by atoms with van der Waals surface area (Å²) >= 11 is 0. The van der Waals surface area contributed by atoms with Gasteiger partial charge in [0.1, 0.15) is 5.84 Å². The third kappa shape index (κ3) is 3.01. The van der Waals surface area contributed by atoms with Crippen LogP contribution < -0.4 is 5.73 Å². The zero-order valence-corrected chi connectivity index (χ0v) is 10.9. The summed E-state index contributed by atoms with van der Waals surface area (Å²) < 4.78 is 0. The quantitative estimate of drug-likeness (QED) is 0.360. The Bertz CT molecular complexity index is 484. The molecule has 0 bridgehead atoms. The molecule has 1 saturated heterocycles. The lowest BCUT2D eigenvalue weighted by Crippen LogP contribution is -2.44. The predicted octanol–water partition coefficient (Wildman–Crippen LogP) is 0.989.